The van der Waals surface area contributed by atoms with Crippen molar-refractivity contribution in [2.45, 2.75) is 6.61 Å². The van der Waals surface area contributed by atoms with Crippen LogP contribution in [-0.4, -0.2) is 40.6 Å². The van der Waals surface area contributed by atoms with Crippen molar-refractivity contribution in [1.82, 2.24) is 14.5 Å². The molecule has 0 atom stereocenters. The van der Waals surface area contributed by atoms with Gasteiger partial charge in [0, 0.05) is 19.5 Å². The molecule has 2 aromatic heterocycles. The Bertz CT molecular complexity index is 1040. The number of hydrogen-bond acceptors (Lipinski definition) is 6. The number of methoxy groups -OCH3 is 1. The molecule has 126 valence electrons. The molecule has 3 heterocycles. The van der Waals surface area contributed by atoms with Crippen LogP contribution in [0.5, 0.6) is 0 Å². The number of hydrogen-bond donors (Lipinski definition) is 0. The van der Waals surface area contributed by atoms with Crippen LogP contribution in [-0.2, 0) is 16.1 Å². The first kappa shape index (κ1) is 15.6. The lowest BCUT2D eigenvalue weighted by atomic mass is 10.1. The largest absolute Gasteiger partial charge is 0.382 e. The first-order valence-electron chi connectivity index (χ1n) is 7.82. The number of aromatic nitrogens is 3. The lowest BCUT2D eigenvalue weighted by Crippen LogP contribution is -2.21. The normalized spacial score (nSPS) is 12.4. The van der Waals surface area contributed by atoms with Crippen molar-refractivity contribution in [1.29, 1.82) is 0 Å². The van der Waals surface area contributed by atoms with Gasteiger partial charge in [-0.05, 0) is 23.8 Å². The quantitative estimate of drug-likeness (QED) is 0.513. The molecule has 1 aromatic carbocycles. The van der Waals surface area contributed by atoms with Crippen LogP contribution in [0.4, 0.5) is 0 Å². The maximum atomic E-state index is 12.7. The van der Waals surface area contributed by atoms with Crippen LogP contribution in [0, 0.1) is 0 Å². The van der Waals surface area contributed by atoms with Gasteiger partial charge in [-0.3, -0.25) is 19.1 Å². The Kier molecular flexibility index (Phi) is 3.87. The van der Waals surface area contributed by atoms with Crippen LogP contribution in [0.25, 0.3) is 16.6 Å². The summed E-state index contributed by atoms with van der Waals surface area (Å²) in [5, 5.41) is 0.388. The number of ether oxygens (including phenoxy) is 2. The molecule has 0 unspecified atom stereocenters. The smallest absolute Gasteiger partial charge is 0.267 e. The molecule has 0 fully saturated rings. The zero-order valence-electron chi connectivity index (χ0n) is 13.6. The monoisotopic (exact) mass is 337 g/mol. The molecule has 0 saturated heterocycles. The van der Waals surface area contributed by atoms with E-state index in [0.717, 1.165) is 5.56 Å². The Morgan fingerprint density at radius 1 is 1.16 bits per heavy atom. The molecule has 7 nitrogen and oxygen atoms in total. The average molecular weight is 337 g/mol. The van der Waals surface area contributed by atoms with Gasteiger partial charge in [-0.25, -0.2) is 4.98 Å². The predicted octanol–water partition coefficient (Wildman–Crippen LogP) is 1.49. The summed E-state index contributed by atoms with van der Waals surface area (Å²) in [6.45, 7) is 1.35. The van der Waals surface area contributed by atoms with Gasteiger partial charge in [-0.15, -0.1) is 0 Å². The van der Waals surface area contributed by atoms with Crippen LogP contribution < -0.4 is 5.56 Å². The Hall–Kier alpha value is -2.90. The topological polar surface area (TPSA) is 83.3 Å². The van der Waals surface area contributed by atoms with Crippen molar-refractivity contribution in [3.05, 3.63) is 64.0 Å². The van der Waals surface area contributed by atoms with Gasteiger partial charge >= 0.3 is 0 Å². The number of rotatable bonds is 5. The van der Waals surface area contributed by atoms with Gasteiger partial charge < -0.3 is 9.47 Å². The number of nitrogens with zero attached hydrogens (tertiary/aromatic N) is 3. The number of benzene rings is 1. The summed E-state index contributed by atoms with van der Waals surface area (Å²) < 4.78 is 11.8. The molecule has 0 saturated carbocycles. The van der Waals surface area contributed by atoms with Crippen LogP contribution in [0.1, 0.15) is 21.7 Å². The van der Waals surface area contributed by atoms with Crippen molar-refractivity contribution in [3.63, 3.8) is 0 Å². The van der Waals surface area contributed by atoms with E-state index in [1.165, 1.54) is 10.8 Å². The third-order valence-electron chi connectivity index (χ3n) is 4.12. The Labute approximate surface area is 142 Å². The van der Waals surface area contributed by atoms with E-state index >= 15 is 0 Å². The van der Waals surface area contributed by atoms with E-state index in [9.17, 15) is 9.59 Å². The molecule has 0 radical (unpaired) electrons. The van der Waals surface area contributed by atoms with Crippen LogP contribution in [0.15, 0.2) is 41.5 Å². The number of ketones is 1. The molecule has 0 N–H and O–H groups in total. The summed E-state index contributed by atoms with van der Waals surface area (Å²) in [4.78, 5) is 33.8. The highest BCUT2D eigenvalue weighted by atomic mass is 16.5. The zero-order valence-corrected chi connectivity index (χ0v) is 13.6. The van der Waals surface area contributed by atoms with E-state index in [-0.39, 0.29) is 17.2 Å². The van der Waals surface area contributed by atoms with Crippen molar-refractivity contribution in [3.8, 4) is 5.69 Å². The van der Waals surface area contributed by atoms with Gasteiger partial charge in [0.15, 0.2) is 5.82 Å². The molecule has 4 rings (SSSR count). The minimum absolute atomic E-state index is 0.135. The fraction of sp³-hybridized carbons (Fsp3) is 0.222. The highest BCUT2D eigenvalue weighted by Crippen LogP contribution is 2.27. The molecule has 0 bridgehead atoms. The Morgan fingerprint density at radius 2 is 2.04 bits per heavy atom. The van der Waals surface area contributed by atoms with Crippen LogP contribution in [0.2, 0.25) is 0 Å². The lowest BCUT2D eigenvalue weighted by molar-refractivity contribution is 0.0616. The van der Waals surface area contributed by atoms with E-state index in [4.69, 9.17) is 9.47 Å². The fourth-order valence-electron chi connectivity index (χ4n) is 2.91. The standard InChI is InChI=1S/C18H15N3O4/c1-24-6-7-25-10-11-2-3-15-12(8-11)16(22)17-20-14-4-5-19-9-13(14)18(23)21(15)17/h2-5,8-9H,6-7,10H2,1H3. The number of carbonyl (C=O) groups excluding carboxylic acids is 1. The highest BCUT2D eigenvalue weighted by Gasteiger charge is 2.30. The molecular weight excluding hydrogens is 322 g/mol. The highest BCUT2D eigenvalue weighted by molar-refractivity contribution is 6.13. The molecule has 1 aliphatic heterocycles. The summed E-state index contributed by atoms with van der Waals surface area (Å²) in [6, 6.07) is 6.97. The molecule has 0 amide bonds. The third kappa shape index (κ3) is 2.54. The van der Waals surface area contributed by atoms with Crippen molar-refractivity contribution in [2.75, 3.05) is 20.3 Å². The predicted molar refractivity (Wildman–Crippen MR) is 90.1 cm³/mol. The number of carbonyl (C=O) groups is 1. The average Bonchev–Trinajstić information content (AvgIpc) is 2.91. The van der Waals surface area contributed by atoms with Crippen LogP contribution in [0.3, 0.4) is 0 Å². The minimum atomic E-state index is -0.288. The van der Waals surface area contributed by atoms with Gasteiger partial charge in [-0.2, -0.15) is 0 Å². The molecule has 7 heteroatoms. The Morgan fingerprint density at radius 3 is 2.88 bits per heavy atom. The number of fused-ring (bicyclic) bond motifs is 4. The van der Waals surface area contributed by atoms with E-state index in [1.807, 2.05) is 6.07 Å². The lowest BCUT2D eigenvalue weighted by Gasteiger charge is -2.07. The molecule has 1 aliphatic rings. The van der Waals surface area contributed by atoms with Crippen LogP contribution >= 0.6 is 0 Å². The first-order valence-corrected chi connectivity index (χ1v) is 7.82. The third-order valence-corrected chi connectivity index (χ3v) is 4.12. The molecule has 25 heavy (non-hydrogen) atoms. The molecule has 3 aromatic rings. The van der Waals surface area contributed by atoms with Crippen molar-refractivity contribution >= 4 is 16.7 Å². The Balaban J connectivity index is 1.76. The fourth-order valence-corrected chi connectivity index (χ4v) is 2.91. The zero-order chi connectivity index (χ0) is 17.4. The minimum Gasteiger partial charge on any atom is -0.382 e. The first-order chi connectivity index (χ1) is 12.2. The van der Waals surface area contributed by atoms with E-state index in [1.54, 1.807) is 31.5 Å². The van der Waals surface area contributed by atoms with E-state index in [2.05, 4.69) is 9.97 Å². The van der Waals surface area contributed by atoms with Gasteiger partial charge in [0.1, 0.15) is 0 Å². The van der Waals surface area contributed by atoms with Crippen molar-refractivity contribution in [2.24, 2.45) is 0 Å². The van der Waals surface area contributed by atoms with Gasteiger partial charge in [0.25, 0.3) is 5.56 Å². The van der Waals surface area contributed by atoms with Gasteiger partial charge in [-0.1, -0.05) is 6.07 Å². The second kappa shape index (κ2) is 6.19. The van der Waals surface area contributed by atoms with Gasteiger partial charge in [0.05, 0.1) is 42.0 Å². The summed E-state index contributed by atoms with van der Waals surface area (Å²) in [6.07, 6.45) is 3.02. The summed E-state index contributed by atoms with van der Waals surface area (Å²) in [5.74, 6) is -0.124. The number of pyridine rings is 1. The second-order valence-electron chi connectivity index (χ2n) is 5.69. The van der Waals surface area contributed by atoms with Gasteiger partial charge in [0.2, 0.25) is 5.78 Å². The molecule has 0 aliphatic carbocycles. The maximum Gasteiger partial charge on any atom is 0.267 e. The molecule has 0 spiro atoms. The van der Waals surface area contributed by atoms with Crippen molar-refractivity contribution < 1.29 is 14.3 Å². The summed E-state index contributed by atoms with van der Waals surface area (Å²) in [7, 11) is 1.61. The maximum absolute atomic E-state index is 12.7. The van der Waals surface area contributed by atoms with E-state index in [0.29, 0.717) is 42.0 Å². The summed E-state index contributed by atoms with van der Waals surface area (Å²) in [5.41, 5.74) is 2.04. The van der Waals surface area contributed by atoms with E-state index < -0.39 is 0 Å². The second-order valence-corrected chi connectivity index (χ2v) is 5.69. The SMILES string of the molecule is COCCOCc1ccc2c(c1)C(=O)c1nc3ccncc3c(=O)n1-2. The molecular formula is C18H15N3O4. The summed E-state index contributed by atoms with van der Waals surface area (Å²) >= 11 is 0.